The van der Waals surface area contributed by atoms with Crippen LogP contribution in [0.5, 0.6) is 0 Å². The van der Waals surface area contributed by atoms with Crippen molar-refractivity contribution < 1.29 is 14.1 Å². The first-order valence-corrected chi connectivity index (χ1v) is 9.32. The molecule has 0 N–H and O–H groups in total. The summed E-state index contributed by atoms with van der Waals surface area (Å²) in [7, 11) is 1.79. The average Bonchev–Trinajstić information content (AvgIpc) is 3.11. The molecule has 1 heterocycles. The minimum absolute atomic E-state index is 0.00512. The summed E-state index contributed by atoms with van der Waals surface area (Å²) in [5.41, 5.74) is 5.46. The lowest BCUT2D eigenvalue weighted by molar-refractivity contribution is -0.118. The van der Waals surface area contributed by atoms with Crippen LogP contribution in [-0.2, 0) is 11.2 Å². The lowest BCUT2D eigenvalue weighted by Crippen LogP contribution is -2.25. The minimum Gasteiger partial charge on any atom is -0.361 e. The Labute approximate surface area is 165 Å². The Hall–Kier alpha value is -3.21. The van der Waals surface area contributed by atoms with Crippen molar-refractivity contribution in [3.8, 4) is 11.1 Å². The zero-order valence-electron chi connectivity index (χ0n) is 16.7. The van der Waals surface area contributed by atoms with E-state index in [1.165, 1.54) is 0 Å². The quantitative estimate of drug-likeness (QED) is 0.582. The molecule has 0 radical (unpaired) electrons. The van der Waals surface area contributed by atoms with E-state index in [1.54, 1.807) is 18.0 Å². The van der Waals surface area contributed by atoms with Gasteiger partial charge in [-0.2, -0.15) is 0 Å². The van der Waals surface area contributed by atoms with E-state index in [0.717, 1.165) is 28.1 Å². The molecule has 1 amide bonds. The van der Waals surface area contributed by atoms with Gasteiger partial charge in [0.1, 0.15) is 5.76 Å². The maximum Gasteiger partial charge on any atom is 0.226 e. The smallest absolute Gasteiger partial charge is 0.226 e. The SMILES string of the molecule is CCC(=O)N(C)c1ccc(-c2ccc(C(=O)Cc3cc(C)no3)cc2)c(C)c1. The van der Waals surface area contributed by atoms with Gasteiger partial charge in [0.2, 0.25) is 5.91 Å². The van der Waals surface area contributed by atoms with E-state index in [-0.39, 0.29) is 18.1 Å². The molecule has 3 rings (SSSR count). The van der Waals surface area contributed by atoms with E-state index < -0.39 is 0 Å². The van der Waals surface area contributed by atoms with Crippen LogP contribution in [0.2, 0.25) is 0 Å². The number of aryl methyl sites for hydroxylation is 2. The second kappa shape index (κ2) is 8.21. The Morgan fingerprint density at radius 3 is 2.32 bits per heavy atom. The zero-order chi connectivity index (χ0) is 20.3. The number of Topliss-reactive ketones (excluding diaryl/α,β-unsaturated/α-hetero) is 1. The molecule has 5 heteroatoms. The summed E-state index contributed by atoms with van der Waals surface area (Å²) >= 11 is 0. The number of rotatable bonds is 6. The van der Waals surface area contributed by atoms with Crippen molar-refractivity contribution in [3.05, 3.63) is 71.1 Å². The Morgan fingerprint density at radius 2 is 1.75 bits per heavy atom. The molecule has 0 atom stereocenters. The largest absolute Gasteiger partial charge is 0.361 e. The molecule has 0 aliphatic carbocycles. The Kier molecular flexibility index (Phi) is 5.73. The fourth-order valence-electron chi connectivity index (χ4n) is 3.16. The van der Waals surface area contributed by atoms with Crippen molar-refractivity contribution in [1.29, 1.82) is 0 Å². The van der Waals surface area contributed by atoms with Crippen LogP contribution in [-0.4, -0.2) is 23.9 Å². The third-order valence-corrected chi connectivity index (χ3v) is 4.80. The highest BCUT2D eigenvalue weighted by atomic mass is 16.5. The number of carbonyl (C=O) groups excluding carboxylic acids is 2. The lowest BCUT2D eigenvalue weighted by atomic mass is 9.97. The molecule has 144 valence electrons. The van der Waals surface area contributed by atoms with E-state index in [1.807, 2.05) is 63.2 Å². The van der Waals surface area contributed by atoms with Crippen LogP contribution in [0.3, 0.4) is 0 Å². The molecular formula is C23H24N2O3. The van der Waals surface area contributed by atoms with Crippen molar-refractivity contribution >= 4 is 17.4 Å². The van der Waals surface area contributed by atoms with Crippen molar-refractivity contribution in [3.63, 3.8) is 0 Å². The topological polar surface area (TPSA) is 63.4 Å². The number of carbonyl (C=O) groups is 2. The van der Waals surface area contributed by atoms with E-state index in [0.29, 0.717) is 17.7 Å². The maximum atomic E-state index is 12.4. The van der Waals surface area contributed by atoms with Crippen LogP contribution >= 0.6 is 0 Å². The van der Waals surface area contributed by atoms with Gasteiger partial charge < -0.3 is 9.42 Å². The van der Waals surface area contributed by atoms with E-state index in [9.17, 15) is 9.59 Å². The van der Waals surface area contributed by atoms with Gasteiger partial charge in [-0.25, -0.2) is 0 Å². The predicted octanol–water partition coefficient (Wildman–Crippen LogP) is 4.76. The number of hydrogen-bond acceptors (Lipinski definition) is 4. The maximum absolute atomic E-state index is 12.4. The molecule has 2 aromatic carbocycles. The molecule has 0 saturated carbocycles. The standard InChI is InChI=1S/C23H24N2O3/c1-5-23(27)25(4)19-10-11-21(15(2)12-19)17-6-8-18(9-7-17)22(26)14-20-13-16(3)24-28-20/h6-13H,5,14H2,1-4H3. The Bertz CT molecular complexity index is 1000. The van der Waals surface area contributed by atoms with Gasteiger partial charge in [0, 0.05) is 30.8 Å². The number of nitrogens with zero attached hydrogens (tertiary/aromatic N) is 2. The molecule has 0 aliphatic rings. The van der Waals surface area contributed by atoms with Gasteiger partial charge in [0.15, 0.2) is 5.78 Å². The highest BCUT2D eigenvalue weighted by Gasteiger charge is 2.13. The average molecular weight is 376 g/mol. The third-order valence-electron chi connectivity index (χ3n) is 4.80. The molecule has 0 spiro atoms. The van der Waals surface area contributed by atoms with E-state index in [4.69, 9.17) is 4.52 Å². The van der Waals surface area contributed by atoms with Crippen LogP contribution in [0.15, 0.2) is 53.1 Å². The van der Waals surface area contributed by atoms with Crippen LogP contribution in [0.1, 0.15) is 40.7 Å². The molecule has 0 unspecified atom stereocenters. The van der Waals surface area contributed by atoms with Gasteiger partial charge in [-0.3, -0.25) is 9.59 Å². The van der Waals surface area contributed by atoms with Crippen molar-refractivity contribution in [2.24, 2.45) is 0 Å². The fourth-order valence-corrected chi connectivity index (χ4v) is 3.16. The van der Waals surface area contributed by atoms with E-state index >= 15 is 0 Å². The highest BCUT2D eigenvalue weighted by molar-refractivity contribution is 5.97. The molecule has 0 fully saturated rings. The summed E-state index contributed by atoms with van der Waals surface area (Å²) in [6.45, 7) is 5.71. The number of ketones is 1. The zero-order valence-corrected chi connectivity index (χ0v) is 16.7. The van der Waals surface area contributed by atoms with Gasteiger partial charge >= 0.3 is 0 Å². The van der Waals surface area contributed by atoms with Crippen LogP contribution in [0, 0.1) is 13.8 Å². The fraction of sp³-hybridized carbons (Fsp3) is 0.261. The summed E-state index contributed by atoms with van der Waals surface area (Å²) in [4.78, 5) is 26.0. The normalized spacial score (nSPS) is 10.7. The third kappa shape index (κ3) is 4.19. The Morgan fingerprint density at radius 1 is 1.04 bits per heavy atom. The van der Waals surface area contributed by atoms with E-state index in [2.05, 4.69) is 5.16 Å². The first-order chi connectivity index (χ1) is 13.4. The van der Waals surface area contributed by atoms with Crippen molar-refractivity contribution in [2.75, 3.05) is 11.9 Å². The lowest BCUT2D eigenvalue weighted by Gasteiger charge is -2.18. The predicted molar refractivity (Wildman–Crippen MR) is 110 cm³/mol. The number of benzene rings is 2. The molecule has 3 aromatic rings. The first-order valence-electron chi connectivity index (χ1n) is 9.32. The summed E-state index contributed by atoms with van der Waals surface area (Å²) < 4.78 is 5.12. The molecule has 0 aliphatic heterocycles. The molecule has 0 bridgehead atoms. The van der Waals surface area contributed by atoms with Gasteiger partial charge in [-0.05, 0) is 42.7 Å². The second-order valence-electron chi connectivity index (χ2n) is 6.92. The summed E-state index contributed by atoms with van der Waals surface area (Å²) in [6.07, 6.45) is 0.673. The highest BCUT2D eigenvalue weighted by Crippen LogP contribution is 2.28. The van der Waals surface area contributed by atoms with Gasteiger partial charge in [-0.15, -0.1) is 0 Å². The summed E-state index contributed by atoms with van der Waals surface area (Å²) in [5, 5.41) is 3.81. The monoisotopic (exact) mass is 376 g/mol. The molecule has 5 nitrogen and oxygen atoms in total. The van der Waals surface area contributed by atoms with Crippen LogP contribution in [0.4, 0.5) is 5.69 Å². The molecule has 1 aromatic heterocycles. The molecular weight excluding hydrogens is 352 g/mol. The second-order valence-corrected chi connectivity index (χ2v) is 6.92. The number of hydrogen-bond donors (Lipinski definition) is 0. The van der Waals surface area contributed by atoms with Crippen LogP contribution < -0.4 is 4.90 Å². The summed E-state index contributed by atoms with van der Waals surface area (Å²) in [5.74, 6) is 0.648. The number of amides is 1. The first kappa shape index (κ1) is 19.5. The number of anilines is 1. The molecule has 0 saturated heterocycles. The summed E-state index contributed by atoms with van der Waals surface area (Å²) in [6, 6.07) is 15.3. The Balaban J connectivity index is 1.77. The molecule has 28 heavy (non-hydrogen) atoms. The van der Waals surface area contributed by atoms with Gasteiger partial charge in [0.25, 0.3) is 0 Å². The van der Waals surface area contributed by atoms with Crippen LogP contribution in [0.25, 0.3) is 11.1 Å². The van der Waals surface area contributed by atoms with Gasteiger partial charge in [-0.1, -0.05) is 42.4 Å². The number of aromatic nitrogens is 1. The van der Waals surface area contributed by atoms with Crippen molar-refractivity contribution in [1.82, 2.24) is 5.16 Å². The van der Waals surface area contributed by atoms with Crippen molar-refractivity contribution in [2.45, 2.75) is 33.6 Å². The minimum atomic E-state index is -0.00512. The van der Waals surface area contributed by atoms with Gasteiger partial charge in [0.05, 0.1) is 12.1 Å².